The van der Waals surface area contributed by atoms with Gasteiger partial charge in [-0.25, -0.2) is 0 Å². The average molecular weight is 212 g/mol. The SMILES string of the molecule is O=[N+]([O-])c1ccc(C#CCl)cc1CO. The molecule has 1 aromatic rings. The van der Waals surface area contributed by atoms with E-state index in [1.165, 1.54) is 18.2 Å². The Bertz CT molecular complexity index is 420. The molecule has 0 aromatic heterocycles. The third-order valence-corrected chi connectivity index (χ3v) is 1.73. The summed E-state index contributed by atoms with van der Waals surface area (Å²) < 4.78 is 0. The Kier molecular flexibility index (Phi) is 3.46. The van der Waals surface area contributed by atoms with Gasteiger partial charge in [-0.2, -0.15) is 0 Å². The van der Waals surface area contributed by atoms with Gasteiger partial charge in [0.05, 0.1) is 17.1 Å². The van der Waals surface area contributed by atoms with Crippen molar-refractivity contribution in [1.82, 2.24) is 0 Å². The zero-order valence-corrected chi connectivity index (χ0v) is 7.78. The summed E-state index contributed by atoms with van der Waals surface area (Å²) in [5, 5.41) is 21.5. The quantitative estimate of drug-likeness (QED) is 0.460. The van der Waals surface area contributed by atoms with Crippen LogP contribution in [-0.4, -0.2) is 10.0 Å². The first kappa shape index (κ1) is 10.5. The van der Waals surface area contributed by atoms with Crippen LogP contribution in [0, 0.1) is 21.4 Å². The Hall–Kier alpha value is -1.57. The smallest absolute Gasteiger partial charge is 0.274 e. The molecule has 5 heteroatoms. The summed E-state index contributed by atoms with van der Waals surface area (Å²) >= 11 is 5.18. The van der Waals surface area contributed by atoms with Crippen LogP contribution in [0.2, 0.25) is 0 Å². The molecular formula is C9H6ClNO3. The molecule has 0 atom stereocenters. The molecule has 1 aromatic carbocycles. The minimum Gasteiger partial charge on any atom is -0.391 e. The summed E-state index contributed by atoms with van der Waals surface area (Å²) in [6, 6.07) is 4.21. The minimum atomic E-state index is -0.552. The van der Waals surface area contributed by atoms with Gasteiger partial charge in [-0.1, -0.05) is 0 Å². The average Bonchev–Trinajstić information content (AvgIpc) is 2.17. The van der Waals surface area contributed by atoms with E-state index in [-0.39, 0.29) is 11.3 Å². The van der Waals surface area contributed by atoms with Gasteiger partial charge in [-0.05, 0) is 29.7 Å². The van der Waals surface area contributed by atoms with E-state index in [4.69, 9.17) is 16.7 Å². The van der Waals surface area contributed by atoms with E-state index in [9.17, 15) is 10.1 Å². The molecule has 0 bridgehead atoms. The predicted octanol–water partition coefficient (Wildman–Crippen LogP) is 1.63. The molecule has 0 fully saturated rings. The Morgan fingerprint density at radius 1 is 1.57 bits per heavy atom. The van der Waals surface area contributed by atoms with Gasteiger partial charge in [-0.3, -0.25) is 10.1 Å². The summed E-state index contributed by atoms with van der Waals surface area (Å²) in [6.45, 7) is -0.395. The predicted molar refractivity (Wildman–Crippen MR) is 51.8 cm³/mol. The van der Waals surface area contributed by atoms with Crippen molar-refractivity contribution >= 4 is 17.3 Å². The maximum absolute atomic E-state index is 10.5. The van der Waals surface area contributed by atoms with E-state index in [0.29, 0.717) is 5.56 Å². The van der Waals surface area contributed by atoms with Gasteiger partial charge in [0.2, 0.25) is 0 Å². The summed E-state index contributed by atoms with van der Waals surface area (Å²) in [5.74, 6) is 2.53. The molecule has 0 radical (unpaired) electrons. The zero-order valence-electron chi connectivity index (χ0n) is 7.03. The molecule has 0 heterocycles. The first-order valence-electron chi connectivity index (χ1n) is 3.69. The second-order valence-corrected chi connectivity index (χ2v) is 2.67. The topological polar surface area (TPSA) is 63.4 Å². The second-order valence-electron chi connectivity index (χ2n) is 2.48. The van der Waals surface area contributed by atoms with Gasteiger partial charge >= 0.3 is 0 Å². The van der Waals surface area contributed by atoms with Gasteiger partial charge in [-0.15, -0.1) is 0 Å². The molecule has 72 valence electrons. The van der Waals surface area contributed by atoms with Gasteiger partial charge in [0.15, 0.2) is 0 Å². The molecule has 0 aliphatic heterocycles. The van der Waals surface area contributed by atoms with Crippen LogP contribution in [0.3, 0.4) is 0 Å². The van der Waals surface area contributed by atoms with Crippen molar-refractivity contribution in [3.63, 3.8) is 0 Å². The van der Waals surface area contributed by atoms with Gasteiger partial charge in [0.1, 0.15) is 0 Å². The number of nitro groups is 1. The number of aliphatic hydroxyl groups is 1. The number of nitrogens with zero attached hydrogens (tertiary/aromatic N) is 1. The highest BCUT2D eigenvalue weighted by atomic mass is 35.5. The number of hydrogen-bond acceptors (Lipinski definition) is 3. The number of hydrogen-bond donors (Lipinski definition) is 1. The third-order valence-electron chi connectivity index (χ3n) is 1.64. The van der Waals surface area contributed by atoms with E-state index < -0.39 is 11.5 Å². The van der Waals surface area contributed by atoms with Crippen LogP contribution in [0.1, 0.15) is 11.1 Å². The Labute approximate surface area is 85.3 Å². The lowest BCUT2D eigenvalue weighted by atomic mass is 10.1. The normalized spacial score (nSPS) is 9.00. The van der Waals surface area contributed by atoms with Crippen molar-refractivity contribution < 1.29 is 10.0 Å². The Morgan fingerprint density at radius 2 is 2.29 bits per heavy atom. The number of nitro benzene ring substituents is 1. The molecule has 4 nitrogen and oxygen atoms in total. The largest absolute Gasteiger partial charge is 0.391 e. The standard InChI is InChI=1S/C9H6ClNO3/c10-4-3-7-1-2-9(11(13)14)8(5-7)6-12/h1-2,5,12H,6H2. The molecule has 0 spiro atoms. The van der Waals surface area contributed by atoms with Crippen LogP contribution in [0.25, 0.3) is 0 Å². The van der Waals surface area contributed by atoms with Crippen molar-refractivity contribution in [2.75, 3.05) is 0 Å². The maximum atomic E-state index is 10.5. The fraction of sp³-hybridized carbons (Fsp3) is 0.111. The molecule has 0 unspecified atom stereocenters. The Morgan fingerprint density at radius 3 is 2.79 bits per heavy atom. The molecule has 0 aliphatic carbocycles. The molecule has 1 N–H and O–H groups in total. The second kappa shape index (κ2) is 4.61. The summed E-state index contributed by atoms with van der Waals surface area (Å²) in [4.78, 5) is 9.93. The number of halogens is 1. The molecule has 14 heavy (non-hydrogen) atoms. The van der Waals surface area contributed by atoms with Crippen molar-refractivity contribution in [3.05, 3.63) is 39.4 Å². The van der Waals surface area contributed by atoms with E-state index in [1.54, 1.807) is 0 Å². The van der Waals surface area contributed by atoms with Crippen LogP contribution < -0.4 is 0 Å². The highest BCUT2D eigenvalue weighted by Gasteiger charge is 2.12. The number of rotatable bonds is 2. The fourth-order valence-corrected chi connectivity index (χ4v) is 1.13. The monoisotopic (exact) mass is 211 g/mol. The van der Waals surface area contributed by atoms with Gasteiger partial charge < -0.3 is 5.11 Å². The molecular weight excluding hydrogens is 206 g/mol. The van der Waals surface area contributed by atoms with E-state index in [0.717, 1.165) is 0 Å². The highest BCUT2D eigenvalue weighted by Crippen LogP contribution is 2.19. The summed E-state index contributed by atoms with van der Waals surface area (Å²) in [5.41, 5.74) is 0.647. The molecule has 1 rings (SSSR count). The first-order chi connectivity index (χ1) is 6.69. The number of benzene rings is 1. The summed E-state index contributed by atoms with van der Waals surface area (Å²) in [7, 11) is 0. The van der Waals surface area contributed by atoms with Crippen LogP contribution in [0.5, 0.6) is 0 Å². The van der Waals surface area contributed by atoms with Crippen molar-refractivity contribution in [2.24, 2.45) is 0 Å². The molecule has 0 aliphatic rings. The number of aliphatic hydroxyl groups excluding tert-OH is 1. The van der Waals surface area contributed by atoms with Crippen LogP contribution >= 0.6 is 11.6 Å². The molecule has 0 amide bonds. The van der Waals surface area contributed by atoms with Gasteiger partial charge in [0, 0.05) is 17.0 Å². The van der Waals surface area contributed by atoms with Crippen molar-refractivity contribution in [1.29, 1.82) is 0 Å². The van der Waals surface area contributed by atoms with E-state index >= 15 is 0 Å². The van der Waals surface area contributed by atoms with Crippen LogP contribution in [0.4, 0.5) is 5.69 Å². The lowest BCUT2D eigenvalue weighted by molar-refractivity contribution is -0.385. The molecule has 0 saturated heterocycles. The van der Waals surface area contributed by atoms with Crippen LogP contribution in [0.15, 0.2) is 18.2 Å². The van der Waals surface area contributed by atoms with E-state index in [2.05, 4.69) is 11.3 Å². The maximum Gasteiger partial charge on any atom is 0.274 e. The van der Waals surface area contributed by atoms with Crippen molar-refractivity contribution in [2.45, 2.75) is 6.61 Å². The fourth-order valence-electron chi connectivity index (χ4n) is 1.02. The third kappa shape index (κ3) is 2.22. The zero-order chi connectivity index (χ0) is 10.6. The van der Waals surface area contributed by atoms with Crippen LogP contribution in [-0.2, 0) is 6.61 Å². The minimum absolute atomic E-state index is 0.118. The summed E-state index contributed by atoms with van der Waals surface area (Å²) in [6.07, 6.45) is 0. The first-order valence-corrected chi connectivity index (χ1v) is 4.06. The van der Waals surface area contributed by atoms with Gasteiger partial charge in [0.25, 0.3) is 5.69 Å². The Balaban J connectivity index is 3.22. The highest BCUT2D eigenvalue weighted by molar-refractivity contribution is 6.30. The lowest BCUT2D eigenvalue weighted by Gasteiger charge is -1.99. The van der Waals surface area contributed by atoms with E-state index in [1.807, 2.05) is 0 Å². The lowest BCUT2D eigenvalue weighted by Crippen LogP contribution is -1.95. The molecule has 0 saturated carbocycles. The van der Waals surface area contributed by atoms with Crippen molar-refractivity contribution in [3.8, 4) is 11.3 Å².